The molecule has 0 radical (unpaired) electrons. The van der Waals surface area contributed by atoms with E-state index < -0.39 is 10.0 Å². The first-order valence-electron chi connectivity index (χ1n) is 8.84. The fourth-order valence-electron chi connectivity index (χ4n) is 2.49. The maximum Gasteiger partial charge on any atom is 0.251 e. The lowest BCUT2D eigenvalue weighted by atomic mass is 10.1. The Kier molecular flexibility index (Phi) is 6.93. The van der Waals surface area contributed by atoms with Crippen LogP contribution in [0.25, 0.3) is 0 Å². The fraction of sp³-hybridized carbons (Fsp3) is 0.300. The number of carbonyl (C=O) groups is 2. The zero-order valence-corrected chi connectivity index (χ0v) is 17.2. The van der Waals surface area contributed by atoms with E-state index >= 15 is 0 Å². The van der Waals surface area contributed by atoms with Crippen molar-refractivity contribution in [2.45, 2.75) is 38.3 Å². The van der Waals surface area contributed by atoms with Gasteiger partial charge in [0.25, 0.3) is 5.91 Å². The number of carbonyl (C=O) groups excluding carboxylic acids is 2. The van der Waals surface area contributed by atoms with Crippen molar-refractivity contribution in [3.8, 4) is 0 Å². The lowest BCUT2D eigenvalue weighted by Gasteiger charge is -2.21. The molecule has 2 N–H and O–H groups in total. The Balaban J connectivity index is 2.13. The molecule has 0 saturated carbocycles. The number of nitrogens with zero attached hydrogens (tertiary/aromatic N) is 1. The molecular weight excluding hydrogens is 378 g/mol. The van der Waals surface area contributed by atoms with Gasteiger partial charge in [0.15, 0.2) is 0 Å². The van der Waals surface area contributed by atoms with Crippen LogP contribution in [-0.4, -0.2) is 37.6 Å². The van der Waals surface area contributed by atoms with Gasteiger partial charge in [-0.15, -0.1) is 0 Å². The first-order chi connectivity index (χ1) is 13.1. The maximum atomic E-state index is 12.6. The second kappa shape index (κ2) is 8.99. The van der Waals surface area contributed by atoms with Gasteiger partial charge >= 0.3 is 0 Å². The molecule has 2 aromatic carbocycles. The summed E-state index contributed by atoms with van der Waals surface area (Å²) in [5.74, 6) is -0.556. The SMILES string of the molecule is CC(=O)Nc1cccc(CNC(=O)c2cccc(S(=O)(=O)N(C)C(C)C)c2)c1. The van der Waals surface area contributed by atoms with E-state index in [0.717, 1.165) is 5.56 Å². The van der Waals surface area contributed by atoms with Gasteiger partial charge in [0.05, 0.1) is 4.90 Å². The second-order valence-corrected chi connectivity index (χ2v) is 8.70. The van der Waals surface area contributed by atoms with Crippen molar-refractivity contribution in [1.82, 2.24) is 9.62 Å². The van der Waals surface area contributed by atoms with E-state index in [-0.39, 0.29) is 34.9 Å². The minimum absolute atomic E-state index is 0.0732. The molecular formula is C20H25N3O4S. The molecule has 0 atom stereocenters. The van der Waals surface area contributed by atoms with Crippen molar-refractivity contribution < 1.29 is 18.0 Å². The highest BCUT2D eigenvalue weighted by Crippen LogP contribution is 2.18. The topological polar surface area (TPSA) is 95.6 Å². The van der Waals surface area contributed by atoms with Crippen molar-refractivity contribution in [3.63, 3.8) is 0 Å². The van der Waals surface area contributed by atoms with Crippen molar-refractivity contribution in [1.29, 1.82) is 0 Å². The Morgan fingerprint density at radius 3 is 2.39 bits per heavy atom. The molecule has 2 amide bonds. The molecule has 2 aromatic rings. The van der Waals surface area contributed by atoms with Crippen LogP contribution in [0.4, 0.5) is 5.69 Å². The van der Waals surface area contributed by atoms with Gasteiger partial charge < -0.3 is 10.6 Å². The van der Waals surface area contributed by atoms with Gasteiger partial charge in [-0.25, -0.2) is 8.42 Å². The molecule has 8 heteroatoms. The number of nitrogens with one attached hydrogen (secondary N) is 2. The molecule has 150 valence electrons. The third-order valence-electron chi connectivity index (χ3n) is 4.20. The highest BCUT2D eigenvalue weighted by Gasteiger charge is 2.23. The van der Waals surface area contributed by atoms with Crippen LogP contribution in [0.3, 0.4) is 0 Å². The number of benzene rings is 2. The summed E-state index contributed by atoms with van der Waals surface area (Å²) in [6.07, 6.45) is 0. The van der Waals surface area contributed by atoms with Gasteiger partial charge in [0.1, 0.15) is 0 Å². The highest BCUT2D eigenvalue weighted by molar-refractivity contribution is 7.89. The number of rotatable bonds is 7. The predicted molar refractivity (Wildman–Crippen MR) is 108 cm³/mol. The summed E-state index contributed by atoms with van der Waals surface area (Å²) in [6, 6.07) is 12.9. The lowest BCUT2D eigenvalue weighted by molar-refractivity contribution is -0.114. The van der Waals surface area contributed by atoms with Crippen LogP contribution in [-0.2, 0) is 21.4 Å². The number of anilines is 1. The number of sulfonamides is 1. The molecule has 2 rings (SSSR count). The lowest BCUT2D eigenvalue weighted by Crippen LogP contribution is -2.33. The first kappa shape index (κ1) is 21.6. The van der Waals surface area contributed by atoms with Crippen LogP contribution in [0.15, 0.2) is 53.4 Å². The molecule has 0 bridgehead atoms. The maximum absolute atomic E-state index is 12.6. The summed E-state index contributed by atoms with van der Waals surface area (Å²) in [5, 5.41) is 5.45. The summed E-state index contributed by atoms with van der Waals surface area (Å²) in [6.45, 7) is 5.23. The standard InChI is InChI=1S/C20H25N3O4S/c1-14(2)23(4)28(26,27)19-10-6-8-17(12-19)20(25)21-13-16-7-5-9-18(11-16)22-15(3)24/h5-12,14H,13H2,1-4H3,(H,21,25)(H,22,24). The summed E-state index contributed by atoms with van der Waals surface area (Å²) in [4.78, 5) is 23.7. The van der Waals surface area contributed by atoms with E-state index in [2.05, 4.69) is 10.6 Å². The van der Waals surface area contributed by atoms with E-state index in [0.29, 0.717) is 5.69 Å². The molecule has 7 nitrogen and oxygen atoms in total. The second-order valence-electron chi connectivity index (χ2n) is 6.71. The van der Waals surface area contributed by atoms with Crippen molar-refractivity contribution >= 4 is 27.5 Å². The van der Waals surface area contributed by atoms with E-state index in [4.69, 9.17) is 0 Å². The van der Waals surface area contributed by atoms with Gasteiger partial charge in [-0.05, 0) is 49.7 Å². The monoisotopic (exact) mass is 403 g/mol. The van der Waals surface area contributed by atoms with Gasteiger partial charge in [-0.1, -0.05) is 18.2 Å². The molecule has 0 unspecified atom stereocenters. The molecule has 0 fully saturated rings. The number of amides is 2. The Hall–Kier alpha value is -2.71. The minimum atomic E-state index is -3.67. The van der Waals surface area contributed by atoms with Crippen LogP contribution in [0.5, 0.6) is 0 Å². The van der Waals surface area contributed by atoms with E-state index in [1.165, 1.54) is 30.4 Å². The van der Waals surface area contributed by atoms with Gasteiger partial charge in [0, 0.05) is 37.8 Å². The molecule has 0 saturated heterocycles. The summed E-state index contributed by atoms with van der Waals surface area (Å²) in [7, 11) is -2.16. The third-order valence-corrected chi connectivity index (χ3v) is 6.23. The normalized spacial score (nSPS) is 11.5. The molecule has 0 aliphatic carbocycles. The van der Waals surface area contributed by atoms with Crippen LogP contribution >= 0.6 is 0 Å². The molecule has 0 heterocycles. The van der Waals surface area contributed by atoms with E-state index in [1.807, 2.05) is 6.07 Å². The Morgan fingerprint density at radius 2 is 1.75 bits per heavy atom. The van der Waals surface area contributed by atoms with Crippen LogP contribution in [0.2, 0.25) is 0 Å². The highest BCUT2D eigenvalue weighted by atomic mass is 32.2. The average Bonchev–Trinajstić information content (AvgIpc) is 2.65. The summed E-state index contributed by atoms with van der Waals surface area (Å²) in [5.41, 5.74) is 1.71. The molecule has 0 aliphatic heterocycles. The van der Waals surface area contributed by atoms with E-state index in [1.54, 1.807) is 44.2 Å². The summed E-state index contributed by atoms with van der Waals surface area (Å²) >= 11 is 0. The smallest absolute Gasteiger partial charge is 0.251 e. The van der Waals surface area contributed by atoms with Crippen molar-refractivity contribution in [2.24, 2.45) is 0 Å². The molecule has 0 aromatic heterocycles. The fourth-order valence-corrected chi connectivity index (χ4v) is 3.90. The average molecular weight is 404 g/mol. The van der Waals surface area contributed by atoms with E-state index in [9.17, 15) is 18.0 Å². The zero-order valence-electron chi connectivity index (χ0n) is 16.4. The van der Waals surface area contributed by atoms with Crippen molar-refractivity contribution in [3.05, 3.63) is 59.7 Å². The van der Waals surface area contributed by atoms with Crippen molar-refractivity contribution in [2.75, 3.05) is 12.4 Å². The molecule has 0 aliphatic rings. The Morgan fingerprint density at radius 1 is 1.07 bits per heavy atom. The van der Waals surface area contributed by atoms with Gasteiger partial charge in [-0.3, -0.25) is 9.59 Å². The summed E-state index contributed by atoms with van der Waals surface area (Å²) < 4.78 is 26.5. The zero-order chi connectivity index (χ0) is 20.9. The van der Waals surface area contributed by atoms with Crippen LogP contribution in [0.1, 0.15) is 36.7 Å². The van der Waals surface area contributed by atoms with Crippen LogP contribution < -0.4 is 10.6 Å². The van der Waals surface area contributed by atoms with Gasteiger partial charge in [0.2, 0.25) is 15.9 Å². The number of hydrogen-bond acceptors (Lipinski definition) is 4. The third kappa shape index (κ3) is 5.40. The first-order valence-corrected chi connectivity index (χ1v) is 10.3. The molecule has 28 heavy (non-hydrogen) atoms. The Bertz CT molecular complexity index is 971. The Labute approximate surface area is 165 Å². The minimum Gasteiger partial charge on any atom is -0.348 e. The quantitative estimate of drug-likeness (QED) is 0.743. The predicted octanol–water partition coefficient (Wildman–Crippen LogP) is 2.60. The largest absolute Gasteiger partial charge is 0.348 e. The van der Waals surface area contributed by atoms with Gasteiger partial charge in [-0.2, -0.15) is 4.31 Å². The number of hydrogen-bond donors (Lipinski definition) is 2. The molecule has 0 spiro atoms. The van der Waals surface area contributed by atoms with Crippen LogP contribution in [0, 0.1) is 0 Å².